The van der Waals surface area contributed by atoms with E-state index in [-0.39, 0.29) is 22.8 Å². The maximum atomic E-state index is 13.3. The number of sulfonamides is 1. The maximum Gasteiger partial charge on any atom is 0.264 e. The fraction of sp³-hybridized carbons (Fsp3) is 0.0833. The van der Waals surface area contributed by atoms with Gasteiger partial charge in [0.25, 0.3) is 15.9 Å². The molecule has 0 heterocycles. The Bertz CT molecular complexity index is 1220. The number of rotatable bonds is 8. The van der Waals surface area contributed by atoms with Crippen LogP contribution in [0.5, 0.6) is 0 Å². The minimum atomic E-state index is -3.94. The van der Waals surface area contributed by atoms with E-state index in [1.54, 1.807) is 54.6 Å². The van der Waals surface area contributed by atoms with Gasteiger partial charge in [0.1, 0.15) is 0 Å². The Labute approximate surface area is 181 Å². The van der Waals surface area contributed by atoms with Crippen molar-refractivity contribution in [1.29, 1.82) is 0 Å². The van der Waals surface area contributed by atoms with Gasteiger partial charge in [0.2, 0.25) is 0 Å². The smallest absolute Gasteiger partial charge is 0.264 e. The molecule has 6 nitrogen and oxygen atoms in total. The number of para-hydroxylation sites is 2. The molecule has 0 atom stereocenters. The first kappa shape index (κ1) is 22.0. The van der Waals surface area contributed by atoms with Gasteiger partial charge in [-0.15, -0.1) is 6.58 Å². The standard InChI is InChI=1S/C24H22N2O4S/c1-3-16-26(20-11-5-4-6-12-20)31(29,30)21-13-9-10-19(17-21)24(28)25-23-15-8-7-14-22(23)18(2)27/h3-15,17H,1,16H2,2H3,(H,25,28). The van der Waals surface area contributed by atoms with Crippen molar-refractivity contribution in [2.45, 2.75) is 11.8 Å². The molecule has 0 fully saturated rings. The van der Waals surface area contributed by atoms with Crippen LogP contribution in [-0.2, 0) is 10.0 Å². The van der Waals surface area contributed by atoms with Crippen LogP contribution in [0.3, 0.4) is 0 Å². The van der Waals surface area contributed by atoms with Crippen molar-refractivity contribution in [3.05, 3.63) is 103 Å². The molecule has 7 heteroatoms. The molecule has 0 radical (unpaired) electrons. The molecule has 3 aromatic carbocycles. The van der Waals surface area contributed by atoms with Crippen LogP contribution >= 0.6 is 0 Å². The average molecular weight is 435 g/mol. The van der Waals surface area contributed by atoms with E-state index >= 15 is 0 Å². The number of amides is 1. The maximum absolute atomic E-state index is 13.3. The summed E-state index contributed by atoms with van der Waals surface area (Å²) < 4.78 is 27.8. The van der Waals surface area contributed by atoms with Crippen LogP contribution in [0.4, 0.5) is 11.4 Å². The van der Waals surface area contributed by atoms with Crippen LogP contribution in [-0.4, -0.2) is 26.7 Å². The van der Waals surface area contributed by atoms with Crippen molar-refractivity contribution >= 4 is 33.1 Å². The van der Waals surface area contributed by atoms with E-state index in [2.05, 4.69) is 11.9 Å². The molecule has 0 aliphatic heterocycles. The molecule has 0 bridgehead atoms. The number of carbonyl (C=O) groups is 2. The number of anilines is 2. The molecule has 1 amide bonds. The number of nitrogens with one attached hydrogen (secondary N) is 1. The first-order valence-corrected chi connectivity index (χ1v) is 11.0. The van der Waals surface area contributed by atoms with E-state index in [0.717, 1.165) is 0 Å². The second-order valence-electron chi connectivity index (χ2n) is 6.74. The van der Waals surface area contributed by atoms with Gasteiger partial charge >= 0.3 is 0 Å². The van der Waals surface area contributed by atoms with Crippen LogP contribution in [0.1, 0.15) is 27.6 Å². The summed E-state index contributed by atoms with van der Waals surface area (Å²) in [7, 11) is -3.94. The highest BCUT2D eigenvalue weighted by Crippen LogP contribution is 2.24. The van der Waals surface area contributed by atoms with E-state index in [0.29, 0.717) is 16.9 Å². The molecule has 0 saturated carbocycles. The number of Topliss-reactive ketones (excluding diaryl/α,β-unsaturated/α-hetero) is 1. The van der Waals surface area contributed by atoms with E-state index < -0.39 is 15.9 Å². The molecule has 0 unspecified atom stereocenters. The summed E-state index contributed by atoms with van der Waals surface area (Å²) in [6.45, 7) is 5.14. The summed E-state index contributed by atoms with van der Waals surface area (Å²) in [5.74, 6) is -0.698. The Morgan fingerprint density at radius 3 is 2.32 bits per heavy atom. The predicted molar refractivity (Wildman–Crippen MR) is 122 cm³/mol. The molecule has 158 valence electrons. The van der Waals surface area contributed by atoms with Crippen LogP contribution < -0.4 is 9.62 Å². The molecular weight excluding hydrogens is 412 g/mol. The van der Waals surface area contributed by atoms with Crippen LogP contribution in [0.15, 0.2) is 96.4 Å². The lowest BCUT2D eigenvalue weighted by atomic mass is 10.1. The number of carbonyl (C=O) groups excluding carboxylic acids is 2. The Morgan fingerprint density at radius 1 is 0.968 bits per heavy atom. The first-order valence-electron chi connectivity index (χ1n) is 9.54. The van der Waals surface area contributed by atoms with Crippen molar-refractivity contribution in [3.8, 4) is 0 Å². The summed E-state index contributed by atoms with van der Waals surface area (Å²) >= 11 is 0. The number of hydrogen-bond donors (Lipinski definition) is 1. The van der Waals surface area contributed by atoms with Crippen molar-refractivity contribution in [3.63, 3.8) is 0 Å². The van der Waals surface area contributed by atoms with Crippen molar-refractivity contribution in [2.24, 2.45) is 0 Å². The molecule has 0 spiro atoms. The Hall–Kier alpha value is -3.71. The Morgan fingerprint density at radius 2 is 1.65 bits per heavy atom. The molecule has 3 aromatic rings. The quantitative estimate of drug-likeness (QED) is 0.417. The van der Waals surface area contributed by atoms with E-state index in [1.165, 1.54) is 41.6 Å². The summed E-state index contributed by atoms with van der Waals surface area (Å²) in [4.78, 5) is 24.6. The van der Waals surface area contributed by atoms with Gasteiger partial charge in [-0.3, -0.25) is 13.9 Å². The zero-order valence-electron chi connectivity index (χ0n) is 17.0. The lowest BCUT2D eigenvalue weighted by Crippen LogP contribution is -2.31. The Balaban J connectivity index is 1.94. The highest BCUT2D eigenvalue weighted by atomic mass is 32.2. The first-order chi connectivity index (χ1) is 14.8. The lowest BCUT2D eigenvalue weighted by molar-refractivity contribution is 0.101. The van der Waals surface area contributed by atoms with Gasteiger partial charge in [-0.25, -0.2) is 8.42 Å². The van der Waals surface area contributed by atoms with Crippen LogP contribution in [0.2, 0.25) is 0 Å². The average Bonchev–Trinajstić information content (AvgIpc) is 2.78. The predicted octanol–water partition coefficient (Wildman–Crippen LogP) is 4.52. The number of hydrogen-bond acceptors (Lipinski definition) is 4. The fourth-order valence-corrected chi connectivity index (χ4v) is 4.55. The fourth-order valence-electron chi connectivity index (χ4n) is 3.07. The second kappa shape index (κ2) is 9.40. The molecule has 0 saturated heterocycles. The monoisotopic (exact) mass is 434 g/mol. The van der Waals surface area contributed by atoms with Crippen LogP contribution in [0, 0.1) is 0 Å². The third kappa shape index (κ3) is 4.90. The summed E-state index contributed by atoms with van der Waals surface area (Å²) in [6, 6.07) is 21.1. The van der Waals surface area contributed by atoms with Gasteiger partial charge in [0.05, 0.1) is 22.8 Å². The van der Waals surface area contributed by atoms with Gasteiger partial charge in [-0.05, 0) is 49.4 Å². The van der Waals surface area contributed by atoms with E-state index in [9.17, 15) is 18.0 Å². The summed E-state index contributed by atoms with van der Waals surface area (Å²) in [6.07, 6.45) is 1.50. The summed E-state index contributed by atoms with van der Waals surface area (Å²) in [5, 5.41) is 2.69. The molecule has 0 aliphatic carbocycles. The van der Waals surface area contributed by atoms with Crippen molar-refractivity contribution < 1.29 is 18.0 Å². The molecule has 31 heavy (non-hydrogen) atoms. The molecular formula is C24H22N2O4S. The van der Waals surface area contributed by atoms with Crippen LogP contribution in [0.25, 0.3) is 0 Å². The number of ketones is 1. The highest BCUT2D eigenvalue weighted by Gasteiger charge is 2.25. The topological polar surface area (TPSA) is 83.6 Å². The zero-order chi connectivity index (χ0) is 22.4. The minimum absolute atomic E-state index is 0.0225. The number of benzene rings is 3. The molecule has 0 aromatic heterocycles. The van der Waals surface area contributed by atoms with E-state index in [1.807, 2.05) is 0 Å². The van der Waals surface area contributed by atoms with E-state index in [4.69, 9.17) is 0 Å². The van der Waals surface area contributed by atoms with Crippen molar-refractivity contribution in [1.82, 2.24) is 0 Å². The van der Waals surface area contributed by atoms with Gasteiger partial charge in [0.15, 0.2) is 5.78 Å². The second-order valence-corrected chi connectivity index (χ2v) is 8.61. The normalized spacial score (nSPS) is 10.9. The minimum Gasteiger partial charge on any atom is -0.321 e. The third-order valence-electron chi connectivity index (χ3n) is 4.58. The molecule has 0 aliphatic rings. The van der Waals surface area contributed by atoms with Crippen molar-refractivity contribution in [2.75, 3.05) is 16.2 Å². The largest absolute Gasteiger partial charge is 0.321 e. The summed E-state index contributed by atoms with van der Waals surface area (Å²) in [5.41, 5.74) is 1.39. The number of nitrogens with zero attached hydrogens (tertiary/aromatic N) is 1. The van der Waals surface area contributed by atoms with Gasteiger partial charge in [-0.1, -0.05) is 42.5 Å². The molecule has 1 N–H and O–H groups in total. The third-order valence-corrected chi connectivity index (χ3v) is 6.37. The van der Waals surface area contributed by atoms with Gasteiger partial charge < -0.3 is 5.32 Å². The highest BCUT2D eigenvalue weighted by molar-refractivity contribution is 7.92. The van der Waals surface area contributed by atoms with Gasteiger partial charge in [-0.2, -0.15) is 0 Å². The lowest BCUT2D eigenvalue weighted by Gasteiger charge is -2.23. The molecule has 3 rings (SSSR count). The Kier molecular flexibility index (Phi) is 6.67. The van der Waals surface area contributed by atoms with Gasteiger partial charge in [0, 0.05) is 11.1 Å². The SMILES string of the molecule is C=CCN(c1ccccc1)S(=O)(=O)c1cccc(C(=O)Nc2ccccc2C(C)=O)c1. The zero-order valence-corrected chi connectivity index (χ0v) is 17.8.